The predicted octanol–water partition coefficient (Wildman–Crippen LogP) is 2.08. The quantitative estimate of drug-likeness (QED) is 0.891. The summed E-state index contributed by atoms with van der Waals surface area (Å²) >= 11 is 0. The number of aromatic carboxylic acids is 1. The highest BCUT2D eigenvalue weighted by atomic mass is 32.2. The number of piperidine rings is 1. The van der Waals surface area contributed by atoms with E-state index in [0.717, 1.165) is 12.8 Å². The molecule has 1 saturated heterocycles. The number of benzene rings is 1. The molecule has 0 amide bonds. The third kappa shape index (κ3) is 3.54. The molecule has 6 nitrogen and oxygen atoms in total. The van der Waals surface area contributed by atoms with Crippen molar-refractivity contribution >= 4 is 21.9 Å². The Labute approximate surface area is 125 Å². The van der Waals surface area contributed by atoms with Crippen LogP contribution in [0.5, 0.6) is 0 Å². The molecule has 0 bridgehead atoms. The van der Waals surface area contributed by atoms with Crippen LogP contribution in [0.4, 0.5) is 5.69 Å². The van der Waals surface area contributed by atoms with Gasteiger partial charge in [0.2, 0.25) is 0 Å². The van der Waals surface area contributed by atoms with Crippen LogP contribution in [-0.4, -0.2) is 36.9 Å². The summed E-state index contributed by atoms with van der Waals surface area (Å²) in [5, 5.41) is 9.19. The van der Waals surface area contributed by atoms with Crippen LogP contribution < -0.4 is 4.72 Å². The van der Waals surface area contributed by atoms with Gasteiger partial charge >= 0.3 is 16.2 Å². The van der Waals surface area contributed by atoms with Crippen molar-refractivity contribution in [3.05, 3.63) is 29.3 Å². The summed E-state index contributed by atoms with van der Waals surface area (Å²) in [4.78, 5) is 11.2. The van der Waals surface area contributed by atoms with Gasteiger partial charge in [-0.1, -0.05) is 19.1 Å². The monoisotopic (exact) mass is 312 g/mol. The highest BCUT2D eigenvalue weighted by molar-refractivity contribution is 7.90. The summed E-state index contributed by atoms with van der Waals surface area (Å²) in [6.45, 7) is 4.62. The lowest BCUT2D eigenvalue weighted by Crippen LogP contribution is -2.42. The fourth-order valence-electron chi connectivity index (χ4n) is 2.54. The number of para-hydroxylation sites is 1. The molecule has 1 aromatic carbocycles. The lowest BCUT2D eigenvalue weighted by atomic mass is 10.0. The van der Waals surface area contributed by atoms with Gasteiger partial charge in [-0.05, 0) is 37.3 Å². The summed E-state index contributed by atoms with van der Waals surface area (Å²) in [7, 11) is -3.73. The standard InChI is InChI=1S/C14H20N2O4S/c1-10-5-4-8-16(9-10)21(19,20)15-13-11(2)6-3-7-12(13)14(17)18/h3,6-7,10,15H,4-5,8-9H2,1-2H3,(H,17,18). The van der Waals surface area contributed by atoms with Crippen LogP contribution in [0.2, 0.25) is 0 Å². The van der Waals surface area contributed by atoms with E-state index in [1.54, 1.807) is 19.1 Å². The molecule has 116 valence electrons. The lowest BCUT2D eigenvalue weighted by Gasteiger charge is -2.30. The van der Waals surface area contributed by atoms with Crippen LogP contribution in [0.1, 0.15) is 35.7 Å². The number of hydrogen-bond donors (Lipinski definition) is 2. The maximum Gasteiger partial charge on any atom is 0.337 e. The second kappa shape index (κ2) is 6.03. The summed E-state index contributed by atoms with van der Waals surface area (Å²) in [5.74, 6) is -0.838. The summed E-state index contributed by atoms with van der Waals surface area (Å²) in [5.41, 5.74) is 0.690. The Morgan fingerprint density at radius 1 is 1.43 bits per heavy atom. The molecule has 2 N–H and O–H groups in total. The number of anilines is 1. The maximum atomic E-state index is 12.4. The first-order valence-corrected chi connectivity index (χ1v) is 8.36. The SMILES string of the molecule is Cc1cccc(C(=O)O)c1NS(=O)(=O)N1CCCC(C)C1. The number of carboxylic acids is 1. The van der Waals surface area contributed by atoms with Gasteiger partial charge in [-0.15, -0.1) is 0 Å². The Balaban J connectivity index is 2.30. The van der Waals surface area contributed by atoms with Gasteiger partial charge in [0, 0.05) is 13.1 Å². The number of nitrogens with zero attached hydrogens (tertiary/aromatic N) is 1. The number of rotatable bonds is 4. The molecule has 1 aliphatic rings. The van der Waals surface area contributed by atoms with Gasteiger partial charge in [-0.2, -0.15) is 12.7 Å². The van der Waals surface area contributed by atoms with Gasteiger partial charge in [-0.25, -0.2) is 4.79 Å². The van der Waals surface area contributed by atoms with Gasteiger partial charge in [-0.3, -0.25) is 4.72 Å². The van der Waals surface area contributed by atoms with Crippen molar-refractivity contribution in [2.75, 3.05) is 17.8 Å². The average Bonchev–Trinajstić information content (AvgIpc) is 2.40. The van der Waals surface area contributed by atoms with Crippen LogP contribution in [0.15, 0.2) is 18.2 Å². The number of hydrogen-bond acceptors (Lipinski definition) is 3. The van der Waals surface area contributed by atoms with Gasteiger partial charge in [0.15, 0.2) is 0 Å². The normalized spacial score (nSPS) is 20.2. The zero-order chi connectivity index (χ0) is 15.6. The third-order valence-corrected chi connectivity index (χ3v) is 5.17. The molecule has 1 aromatic rings. The minimum absolute atomic E-state index is 0.0383. The van der Waals surface area contributed by atoms with Crippen LogP contribution in [-0.2, 0) is 10.2 Å². The molecule has 2 rings (SSSR count). The molecule has 0 aliphatic carbocycles. The van der Waals surface area contributed by atoms with Crippen LogP contribution in [0.3, 0.4) is 0 Å². The minimum atomic E-state index is -3.73. The van der Waals surface area contributed by atoms with Gasteiger partial charge in [0.05, 0.1) is 11.3 Å². The molecular formula is C14H20N2O4S. The summed E-state index contributed by atoms with van der Waals surface area (Å²) < 4.78 is 28.7. The Kier molecular flexibility index (Phi) is 4.53. The number of carbonyl (C=O) groups is 1. The van der Waals surface area contributed by atoms with Crippen molar-refractivity contribution < 1.29 is 18.3 Å². The number of nitrogens with one attached hydrogen (secondary N) is 1. The van der Waals surface area contributed by atoms with Gasteiger partial charge in [0.1, 0.15) is 0 Å². The van der Waals surface area contributed by atoms with Crippen molar-refractivity contribution in [1.29, 1.82) is 0 Å². The van der Waals surface area contributed by atoms with E-state index in [4.69, 9.17) is 0 Å². The third-order valence-electron chi connectivity index (χ3n) is 3.69. The predicted molar refractivity (Wildman–Crippen MR) is 80.7 cm³/mol. The van der Waals surface area contributed by atoms with Gasteiger partial charge in [0.25, 0.3) is 0 Å². The molecule has 0 spiro atoms. The fourth-order valence-corrected chi connectivity index (χ4v) is 4.02. The number of aryl methyl sites for hydroxylation is 1. The van der Waals surface area contributed by atoms with E-state index in [-0.39, 0.29) is 11.3 Å². The first-order chi connectivity index (χ1) is 9.81. The molecule has 1 atom stereocenters. The second-order valence-corrected chi connectivity index (χ2v) is 7.19. The molecule has 1 heterocycles. The van der Waals surface area contributed by atoms with Crippen molar-refractivity contribution in [2.45, 2.75) is 26.7 Å². The van der Waals surface area contributed by atoms with Crippen molar-refractivity contribution in [1.82, 2.24) is 4.31 Å². The molecule has 0 radical (unpaired) electrons. The maximum absolute atomic E-state index is 12.4. The lowest BCUT2D eigenvalue weighted by molar-refractivity contribution is 0.0698. The van der Waals surface area contributed by atoms with Crippen LogP contribution in [0.25, 0.3) is 0 Å². The molecule has 1 aliphatic heterocycles. The van der Waals surface area contributed by atoms with E-state index < -0.39 is 16.2 Å². The second-order valence-electron chi connectivity index (χ2n) is 5.52. The molecule has 0 saturated carbocycles. The molecule has 0 aromatic heterocycles. The van der Waals surface area contributed by atoms with E-state index in [1.807, 2.05) is 6.92 Å². The Morgan fingerprint density at radius 3 is 2.76 bits per heavy atom. The smallest absolute Gasteiger partial charge is 0.337 e. The van der Waals surface area contributed by atoms with E-state index in [2.05, 4.69) is 4.72 Å². The van der Waals surface area contributed by atoms with E-state index in [9.17, 15) is 18.3 Å². The van der Waals surface area contributed by atoms with Crippen molar-refractivity contribution in [3.8, 4) is 0 Å². The first kappa shape index (κ1) is 15.8. The van der Waals surface area contributed by atoms with E-state index in [1.165, 1.54) is 10.4 Å². The zero-order valence-electron chi connectivity index (χ0n) is 12.2. The topological polar surface area (TPSA) is 86.7 Å². The highest BCUT2D eigenvalue weighted by Crippen LogP contribution is 2.25. The Hall–Kier alpha value is -1.60. The minimum Gasteiger partial charge on any atom is -0.478 e. The molecular weight excluding hydrogens is 292 g/mol. The molecule has 1 unspecified atom stereocenters. The largest absolute Gasteiger partial charge is 0.478 e. The first-order valence-electron chi connectivity index (χ1n) is 6.92. The van der Waals surface area contributed by atoms with E-state index in [0.29, 0.717) is 24.6 Å². The summed E-state index contributed by atoms with van der Waals surface area (Å²) in [6, 6.07) is 4.68. The molecule has 7 heteroatoms. The van der Waals surface area contributed by atoms with E-state index >= 15 is 0 Å². The Bertz CT molecular complexity index is 642. The highest BCUT2D eigenvalue weighted by Gasteiger charge is 2.28. The van der Waals surface area contributed by atoms with Crippen molar-refractivity contribution in [3.63, 3.8) is 0 Å². The Morgan fingerprint density at radius 2 is 2.14 bits per heavy atom. The number of carboxylic acid groups (broad SMARTS) is 1. The van der Waals surface area contributed by atoms with Crippen LogP contribution >= 0.6 is 0 Å². The van der Waals surface area contributed by atoms with Crippen molar-refractivity contribution in [2.24, 2.45) is 5.92 Å². The molecule has 21 heavy (non-hydrogen) atoms. The van der Waals surface area contributed by atoms with Gasteiger partial charge < -0.3 is 5.11 Å². The van der Waals surface area contributed by atoms with Crippen LogP contribution in [0, 0.1) is 12.8 Å². The molecule has 1 fully saturated rings. The average molecular weight is 312 g/mol. The fraction of sp³-hybridized carbons (Fsp3) is 0.500. The zero-order valence-corrected chi connectivity index (χ0v) is 13.0. The summed E-state index contributed by atoms with van der Waals surface area (Å²) in [6.07, 6.45) is 1.83.